The number of halogens is 1. The van der Waals surface area contributed by atoms with Crippen LogP contribution in [-0.4, -0.2) is 36.1 Å². The molecule has 0 aliphatic carbocycles. The van der Waals surface area contributed by atoms with Gasteiger partial charge in [-0.05, 0) is 36.1 Å². The van der Waals surface area contributed by atoms with Gasteiger partial charge < -0.3 is 15.3 Å². The molecule has 23 heavy (non-hydrogen) atoms. The number of carbonyl (C=O) groups excluding carboxylic acids is 2. The second-order valence-electron chi connectivity index (χ2n) is 6.18. The molecule has 5 nitrogen and oxygen atoms in total. The number of anilines is 1. The molecule has 1 heterocycles. The number of aliphatic hydroxyl groups is 1. The second-order valence-corrected chi connectivity index (χ2v) is 6.18. The number of aliphatic hydroxyl groups excluding tert-OH is 1. The third-order valence-electron chi connectivity index (χ3n) is 4.08. The maximum absolute atomic E-state index is 13.3. The minimum atomic E-state index is -0.584. The van der Waals surface area contributed by atoms with Crippen LogP contribution in [0.25, 0.3) is 0 Å². The number of aryl methyl sites for hydroxylation is 1. The highest BCUT2D eigenvalue weighted by molar-refractivity contribution is 5.97. The van der Waals surface area contributed by atoms with E-state index in [1.165, 1.54) is 17.0 Å². The number of hydrogen-bond acceptors (Lipinski definition) is 3. The predicted molar refractivity (Wildman–Crippen MR) is 85.5 cm³/mol. The molecule has 6 heteroatoms. The molecule has 1 aliphatic heterocycles. The van der Waals surface area contributed by atoms with Crippen molar-refractivity contribution >= 4 is 17.5 Å². The molecule has 126 valence electrons. The van der Waals surface area contributed by atoms with Crippen molar-refractivity contribution < 1.29 is 19.1 Å². The van der Waals surface area contributed by atoms with Crippen LogP contribution in [-0.2, 0) is 16.0 Å². The van der Waals surface area contributed by atoms with Gasteiger partial charge in [0.15, 0.2) is 0 Å². The zero-order valence-corrected chi connectivity index (χ0v) is 13.5. The zero-order valence-electron chi connectivity index (χ0n) is 13.5. The van der Waals surface area contributed by atoms with Crippen molar-refractivity contribution in [2.75, 3.05) is 18.0 Å². The van der Waals surface area contributed by atoms with E-state index in [4.69, 9.17) is 0 Å². The van der Waals surface area contributed by atoms with Crippen LogP contribution in [0.5, 0.6) is 0 Å². The lowest BCUT2D eigenvalue weighted by atomic mass is 10.0. The number of nitrogens with one attached hydrogen (secondary N) is 1. The van der Waals surface area contributed by atoms with Crippen molar-refractivity contribution in [2.45, 2.75) is 39.2 Å². The average Bonchev–Trinajstić information content (AvgIpc) is 2.51. The minimum Gasteiger partial charge on any atom is -0.391 e. The van der Waals surface area contributed by atoms with Crippen molar-refractivity contribution in [2.24, 2.45) is 5.92 Å². The van der Waals surface area contributed by atoms with Crippen molar-refractivity contribution in [3.8, 4) is 0 Å². The fourth-order valence-corrected chi connectivity index (χ4v) is 2.53. The van der Waals surface area contributed by atoms with Crippen LogP contribution in [0.4, 0.5) is 10.1 Å². The zero-order chi connectivity index (χ0) is 17.0. The summed E-state index contributed by atoms with van der Waals surface area (Å²) in [6, 6.07) is 4.35. The first-order valence-corrected chi connectivity index (χ1v) is 7.92. The Bertz CT molecular complexity index is 589. The van der Waals surface area contributed by atoms with Crippen LogP contribution in [0.15, 0.2) is 18.2 Å². The summed E-state index contributed by atoms with van der Waals surface area (Å²) in [5, 5.41) is 12.3. The molecular formula is C17H23FN2O3. The van der Waals surface area contributed by atoms with Gasteiger partial charge in [0.1, 0.15) is 5.82 Å². The van der Waals surface area contributed by atoms with Gasteiger partial charge in [0.25, 0.3) is 0 Å². The Labute approximate surface area is 135 Å². The van der Waals surface area contributed by atoms with E-state index in [1.807, 2.05) is 13.8 Å². The Kier molecular flexibility index (Phi) is 5.71. The number of amides is 2. The molecule has 1 aliphatic rings. The standard InChI is InChI=1S/C17H23FN2O3/c1-11(2)15(21)10-19-16(22)7-8-20-14-5-4-13(18)9-12(14)3-6-17(20)23/h4-5,9,11,15,21H,3,6-8,10H2,1-2H3,(H,19,22). The number of benzene rings is 1. The van der Waals surface area contributed by atoms with Gasteiger partial charge in [-0.3, -0.25) is 9.59 Å². The molecule has 2 N–H and O–H groups in total. The van der Waals surface area contributed by atoms with Gasteiger partial charge in [-0.1, -0.05) is 13.8 Å². The van der Waals surface area contributed by atoms with E-state index in [-0.39, 0.29) is 43.1 Å². The Morgan fingerprint density at radius 3 is 2.83 bits per heavy atom. The van der Waals surface area contributed by atoms with Crippen LogP contribution < -0.4 is 10.2 Å². The van der Waals surface area contributed by atoms with Gasteiger partial charge in [0.05, 0.1) is 6.10 Å². The molecular weight excluding hydrogens is 299 g/mol. The van der Waals surface area contributed by atoms with E-state index >= 15 is 0 Å². The second kappa shape index (κ2) is 7.55. The van der Waals surface area contributed by atoms with Gasteiger partial charge >= 0.3 is 0 Å². The van der Waals surface area contributed by atoms with Crippen molar-refractivity contribution in [3.63, 3.8) is 0 Å². The first kappa shape index (κ1) is 17.4. The Morgan fingerprint density at radius 1 is 1.39 bits per heavy atom. The number of carbonyl (C=O) groups is 2. The molecule has 2 rings (SSSR count). The lowest BCUT2D eigenvalue weighted by Crippen LogP contribution is -2.40. The maximum atomic E-state index is 13.3. The molecule has 0 radical (unpaired) electrons. The third-order valence-corrected chi connectivity index (χ3v) is 4.08. The maximum Gasteiger partial charge on any atom is 0.227 e. The van der Waals surface area contributed by atoms with Gasteiger partial charge in [-0.2, -0.15) is 0 Å². The fourth-order valence-electron chi connectivity index (χ4n) is 2.53. The van der Waals surface area contributed by atoms with Gasteiger partial charge in [-0.15, -0.1) is 0 Å². The Morgan fingerprint density at radius 2 is 2.13 bits per heavy atom. The quantitative estimate of drug-likeness (QED) is 0.836. The predicted octanol–water partition coefficient (Wildman–Crippen LogP) is 1.63. The van der Waals surface area contributed by atoms with Gasteiger partial charge in [0.2, 0.25) is 11.8 Å². The molecule has 2 amide bonds. The largest absolute Gasteiger partial charge is 0.391 e. The SMILES string of the molecule is CC(C)C(O)CNC(=O)CCN1C(=O)CCc2cc(F)ccc21. The summed E-state index contributed by atoms with van der Waals surface area (Å²) in [4.78, 5) is 25.5. The summed E-state index contributed by atoms with van der Waals surface area (Å²) in [6.45, 7) is 4.20. The van der Waals surface area contributed by atoms with Crippen molar-refractivity contribution in [1.29, 1.82) is 0 Å². The van der Waals surface area contributed by atoms with Gasteiger partial charge in [0, 0.05) is 31.6 Å². The van der Waals surface area contributed by atoms with Crippen LogP contribution in [0.3, 0.4) is 0 Å². The Balaban J connectivity index is 1.93. The smallest absolute Gasteiger partial charge is 0.227 e. The molecule has 0 saturated carbocycles. The Hall–Kier alpha value is -1.95. The van der Waals surface area contributed by atoms with Crippen LogP contribution in [0.2, 0.25) is 0 Å². The summed E-state index contributed by atoms with van der Waals surface area (Å²) in [5.74, 6) is -0.523. The third kappa shape index (κ3) is 4.51. The topological polar surface area (TPSA) is 69.6 Å². The molecule has 0 fully saturated rings. The van der Waals surface area contributed by atoms with E-state index in [1.54, 1.807) is 6.07 Å². The molecule has 1 atom stereocenters. The monoisotopic (exact) mass is 322 g/mol. The lowest BCUT2D eigenvalue weighted by Gasteiger charge is -2.29. The first-order chi connectivity index (χ1) is 10.9. The van der Waals surface area contributed by atoms with Gasteiger partial charge in [-0.25, -0.2) is 4.39 Å². The normalized spacial score (nSPS) is 15.5. The number of fused-ring (bicyclic) bond motifs is 1. The fraction of sp³-hybridized carbons (Fsp3) is 0.529. The summed E-state index contributed by atoms with van der Waals surface area (Å²) in [5.41, 5.74) is 1.47. The van der Waals surface area contributed by atoms with E-state index in [2.05, 4.69) is 5.32 Å². The van der Waals surface area contributed by atoms with E-state index in [0.717, 1.165) is 5.56 Å². The molecule has 1 unspecified atom stereocenters. The molecule has 0 spiro atoms. The lowest BCUT2D eigenvalue weighted by molar-refractivity contribution is -0.121. The van der Waals surface area contributed by atoms with Crippen molar-refractivity contribution in [3.05, 3.63) is 29.6 Å². The summed E-state index contributed by atoms with van der Waals surface area (Å²) in [6.07, 6.45) is 0.409. The highest BCUT2D eigenvalue weighted by Gasteiger charge is 2.24. The highest BCUT2D eigenvalue weighted by Crippen LogP contribution is 2.28. The summed E-state index contributed by atoms with van der Waals surface area (Å²) in [7, 11) is 0. The van der Waals surface area contributed by atoms with Crippen LogP contribution in [0, 0.1) is 11.7 Å². The number of nitrogens with zero attached hydrogens (tertiary/aromatic N) is 1. The van der Waals surface area contributed by atoms with E-state index in [0.29, 0.717) is 18.5 Å². The molecule has 0 bridgehead atoms. The molecule has 1 aromatic rings. The molecule has 0 saturated heterocycles. The molecule has 0 aromatic heterocycles. The van der Waals surface area contributed by atoms with Crippen LogP contribution >= 0.6 is 0 Å². The number of hydrogen-bond donors (Lipinski definition) is 2. The van der Waals surface area contributed by atoms with Crippen molar-refractivity contribution in [1.82, 2.24) is 5.32 Å². The minimum absolute atomic E-state index is 0.0564. The molecule has 1 aromatic carbocycles. The first-order valence-electron chi connectivity index (χ1n) is 7.92. The average molecular weight is 322 g/mol. The van der Waals surface area contributed by atoms with E-state index < -0.39 is 6.10 Å². The summed E-state index contributed by atoms with van der Waals surface area (Å²) < 4.78 is 13.3. The highest BCUT2D eigenvalue weighted by atomic mass is 19.1. The summed E-state index contributed by atoms with van der Waals surface area (Å²) >= 11 is 0. The van der Waals surface area contributed by atoms with Crippen LogP contribution in [0.1, 0.15) is 32.3 Å². The number of rotatable bonds is 6. The van der Waals surface area contributed by atoms with E-state index in [9.17, 15) is 19.1 Å².